The first-order chi connectivity index (χ1) is 12.2. The summed E-state index contributed by atoms with van der Waals surface area (Å²) in [5, 5.41) is 0. The summed E-state index contributed by atoms with van der Waals surface area (Å²) < 4.78 is 30.2. The third-order valence-electron chi connectivity index (χ3n) is 5.03. The summed E-state index contributed by atoms with van der Waals surface area (Å²) in [6, 6.07) is 3.00. The summed E-state index contributed by atoms with van der Waals surface area (Å²) in [4.78, 5) is 16.5. The Labute approximate surface area is 146 Å². The van der Waals surface area contributed by atoms with Crippen LogP contribution in [0.4, 0.5) is 4.39 Å². The molecule has 0 spiro atoms. The predicted octanol–water partition coefficient (Wildman–Crippen LogP) is 1.52. The Hall–Kier alpha value is -1.70. The lowest BCUT2D eigenvalue weighted by Gasteiger charge is -2.36. The van der Waals surface area contributed by atoms with E-state index in [1.165, 1.54) is 12.1 Å². The van der Waals surface area contributed by atoms with E-state index in [9.17, 15) is 9.18 Å². The lowest BCUT2D eigenvalue weighted by atomic mass is 10.1. The van der Waals surface area contributed by atoms with Gasteiger partial charge in [-0.2, -0.15) is 0 Å². The van der Waals surface area contributed by atoms with Crippen LogP contribution in [-0.4, -0.2) is 61.4 Å². The lowest BCUT2D eigenvalue weighted by molar-refractivity contribution is -0.142. The largest absolute Gasteiger partial charge is 0.467 e. The highest BCUT2D eigenvalue weighted by molar-refractivity contribution is 5.81. The molecule has 0 saturated carbocycles. The van der Waals surface area contributed by atoms with Gasteiger partial charge in [0.05, 0.1) is 6.61 Å². The molecule has 0 radical (unpaired) electrons. The summed E-state index contributed by atoms with van der Waals surface area (Å²) in [5.74, 6) is 0.585. The van der Waals surface area contributed by atoms with E-state index in [1.807, 2.05) is 4.90 Å². The maximum atomic E-state index is 13.9. The molecule has 0 aromatic heterocycles. The van der Waals surface area contributed by atoms with Crippen molar-refractivity contribution in [1.29, 1.82) is 0 Å². The fraction of sp³-hybridized carbons (Fsp3) is 0.611. The Morgan fingerprint density at radius 2 is 2.08 bits per heavy atom. The van der Waals surface area contributed by atoms with E-state index in [2.05, 4.69) is 4.90 Å². The molecule has 1 unspecified atom stereocenters. The quantitative estimate of drug-likeness (QED) is 0.827. The van der Waals surface area contributed by atoms with Crippen molar-refractivity contribution in [3.8, 4) is 5.75 Å². The third kappa shape index (κ3) is 3.63. The van der Waals surface area contributed by atoms with Gasteiger partial charge < -0.3 is 19.1 Å². The number of amides is 1. The molecule has 2 saturated heterocycles. The Bertz CT molecular complexity index is 640. The van der Waals surface area contributed by atoms with E-state index in [0.29, 0.717) is 32.8 Å². The van der Waals surface area contributed by atoms with Crippen LogP contribution in [0.1, 0.15) is 24.0 Å². The first-order valence-electron chi connectivity index (χ1n) is 8.85. The normalized spacial score (nSPS) is 24.0. The van der Waals surface area contributed by atoms with Gasteiger partial charge in [-0.3, -0.25) is 9.69 Å². The zero-order chi connectivity index (χ0) is 17.2. The van der Waals surface area contributed by atoms with E-state index in [0.717, 1.165) is 42.8 Å². The lowest BCUT2D eigenvalue weighted by Crippen LogP contribution is -2.51. The highest BCUT2D eigenvalue weighted by Gasteiger charge is 2.30. The van der Waals surface area contributed by atoms with E-state index in [1.54, 1.807) is 0 Å². The molecule has 3 heterocycles. The topological polar surface area (TPSA) is 51.2 Å². The molecule has 25 heavy (non-hydrogen) atoms. The van der Waals surface area contributed by atoms with Gasteiger partial charge in [-0.1, -0.05) is 0 Å². The Morgan fingerprint density at radius 3 is 2.84 bits per heavy atom. The number of benzene rings is 1. The number of ether oxygens (including phenoxy) is 3. The second-order valence-corrected chi connectivity index (χ2v) is 6.77. The second kappa shape index (κ2) is 7.27. The number of nitrogens with zero attached hydrogens (tertiary/aromatic N) is 2. The van der Waals surface area contributed by atoms with E-state index in [4.69, 9.17) is 14.2 Å². The number of rotatable bonds is 3. The minimum atomic E-state index is -0.268. The minimum absolute atomic E-state index is 0.112. The minimum Gasteiger partial charge on any atom is -0.467 e. The SMILES string of the molecule is O=C(C1CCCO1)N1CCN(Cc2cc(F)cc3c2OCOC3)CC1. The number of carbonyl (C=O) groups is 1. The molecule has 0 aliphatic carbocycles. The van der Waals surface area contributed by atoms with Gasteiger partial charge in [0, 0.05) is 50.5 Å². The van der Waals surface area contributed by atoms with Gasteiger partial charge in [-0.05, 0) is 25.0 Å². The van der Waals surface area contributed by atoms with Crippen molar-refractivity contribution in [2.24, 2.45) is 0 Å². The van der Waals surface area contributed by atoms with Crippen LogP contribution in [0, 0.1) is 5.82 Å². The summed E-state index contributed by atoms with van der Waals surface area (Å²) in [6.45, 7) is 4.77. The first-order valence-corrected chi connectivity index (χ1v) is 8.85. The van der Waals surface area contributed by atoms with Crippen LogP contribution in [0.2, 0.25) is 0 Å². The van der Waals surface area contributed by atoms with E-state index < -0.39 is 0 Å². The smallest absolute Gasteiger partial charge is 0.251 e. The van der Waals surface area contributed by atoms with Crippen LogP contribution in [0.3, 0.4) is 0 Å². The highest BCUT2D eigenvalue weighted by atomic mass is 19.1. The summed E-state index contributed by atoms with van der Waals surface area (Å²) >= 11 is 0. The molecule has 1 atom stereocenters. The maximum absolute atomic E-state index is 13.9. The predicted molar refractivity (Wildman–Crippen MR) is 87.5 cm³/mol. The van der Waals surface area contributed by atoms with Gasteiger partial charge in [0.15, 0.2) is 6.79 Å². The van der Waals surface area contributed by atoms with Crippen molar-refractivity contribution in [2.45, 2.75) is 32.1 Å². The van der Waals surface area contributed by atoms with Crippen LogP contribution in [-0.2, 0) is 27.4 Å². The number of fused-ring (bicyclic) bond motifs is 1. The molecule has 6 nitrogen and oxygen atoms in total. The molecule has 3 aliphatic rings. The van der Waals surface area contributed by atoms with Crippen LogP contribution < -0.4 is 4.74 Å². The Morgan fingerprint density at radius 1 is 1.24 bits per heavy atom. The Kier molecular flexibility index (Phi) is 4.87. The van der Waals surface area contributed by atoms with Crippen molar-refractivity contribution >= 4 is 5.91 Å². The van der Waals surface area contributed by atoms with Crippen LogP contribution >= 0.6 is 0 Å². The summed E-state index contributed by atoms with van der Waals surface area (Å²) in [6.07, 6.45) is 1.54. The molecule has 2 fully saturated rings. The molecule has 3 aliphatic heterocycles. The van der Waals surface area contributed by atoms with E-state index >= 15 is 0 Å². The number of piperazine rings is 1. The van der Waals surface area contributed by atoms with Crippen LogP contribution in [0.25, 0.3) is 0 Å². The van der Waals surface area contributed by atoms with Crippen LogP contribution in [0.5, 0.6) is 5.75 Å². The van der Waals surface area contributed by atoms with Gasteiger partial charge in [-0.15, -0.1) is 0 Å². The number of halogens is 1. The molecular formula is C18H23FN2O4. The first kappa shape index (κ1) is 16.8. The van der Waals surface area contributed by atoms with E-state index in [-0.39, 0.29) is 24.6 Å². The number of carbonyl (C=O) groups excluding carboxylic acids is 1. The Balaban J connectivity index is 1.37. The van der Waals surface area contributed by atoms with Crippen molar-refractivity contribution in [1.82, 2.24) is 9.80 Å². The third-order valence-corrected chi connectivity index (χ3v) is 5.03. The van der Waals surface area contributed by atoms with Crippen LogP contribution in [0.15, 0.2) is 12.1 Å². The molecule has 1 aromatic carbocycles. The molecule has 0 N–H and O–H groups in total. The van der Waals surface area contributed by atoms with Gasteiger partial charge >= 0.3 is 0 Å². The van der Waals surface area contributed by atoms with Gasteiger partial charge in [-0.25, -0.2) is 4.39 Å². The van der Waals surface area contributed by atoms with Crippen molar-refractivity contribution < 1.29 is 23.4 Å². The monoisotopic (exact) mass is 350 g/mol. The zero-order valence-electron chi connectivity index (χ0n) is 14.2. The molecule has 1 aromatic rings. The summed E-state index contributed by atoms with van der Waals surface area (Å²) in [7, 11) is 0. The standard InChI is InChI=1S/C18H23FN2O4/c19-15-8-13(17-14(9-15)11-23-12-25-17)10-20-3-5-21(6-4-20)18(22)16-2-1-7-24-16/h8-9,16H,1-7,10-12H2. The van der Waals surface area contributed by atoms with Gasteiger partial charge in [0.2, 0.25) is 0 Å². The molecule has 136 valence electrons. The number of hydrogen-bond acceptors (Lipinski definition) is 5. The maximum Gasteiger partial charge on any atom is 0.251 e. The average Bonchev–Trinajstić information content (AvgIpc) is 3.16. The van der Waals surface area contributed by atoms with Crippen molar-refractivity contribution in [2.75, 3.05) is 39.6 Å². The van der Waals surface area contributed by atoms with Crippen molar-refractivity contribution in [3.05, 3.63) is 29.1 Å². The fourth-order valence-electron chi connectivity index (χ4n) is 3.72. The molecule has 4 rings (SSSR count). The second-order valence-electron chi connectivity index (χ2n) is 6.77. The van der Waals surface area contributed by atoms with Crippen molar-refractivity contribution in [3.63, 3.8) is 0 Å². The molecule has 0 bridgehead atoms. The molecule has 7 heteroatoms. The highest BCUT2D eigenvalue weighted by Crippen LogP contribution is 2.30. The fourth-order valence-corrected chi connectivity index (χ4v) is 3.72. The summed E-state index contributed by atoms with van der Waals surface area (Å²) in [5.41, 5.74) is 1.60. The average molecular weight is 350 g/mol. The molecule has 1 amide bonds. The van der Waals surface area contributed by atoms with Gasteiger partial charge in [0.25, 0.3) is 5.91 Å². The van der Waals surface area contributed by atoms with Gasteiger partial charge in [0.1, 0.15) is 17.7 Å². The molecular weight excluding hydrogens is 327 g/mol. The number of hydrogen-bond donors (Lipinski definition) is 0. The zero-order valence-corrected chi connectivity index (χ0v) is 14.2.